The Bertz CT molecular complexity index is 455. The number of para-hydroxylation sites is 1. The lowest BCUT2D eigenvalue weighted by atomic mass is 9.58. The highest BCUT2D eigenvalue weighted by molar-refractivity contribution is 5.40. The minimum Gasteiger partial charge on any atom is -0.486 e. The lowest BCUT2D eigenvalue weighted by molar-refractivity contribution is -0.158. The summed E-state index contributed by atoms with van der Waals surface area (Å²) in [6.07, 6.45) is 3.97. The maximum atomic E-state index is 6.54. The number of hydrogen-bond acceptors (Lipinski definition) is 2. The fourth-order valence-electron chi connectivity index (χ4n) is 5.20. The van der Waals surface area contributed by atoms with Crippen molar-refractivity contribution in [2.75, 3.05) is 19.6 Å². The zero-order chi connectivity index (χ0) is 11.7. The van der Waals surface area contributed by atoms with Crippen LogP contribution in [0, 0.1) is 17.8 Å². The molecule has 0 radical (unpaired) electrons. The van der Waals surface area contributed by atoms with Gasteiger partial charge in [0.25, 0.3) is 0 Å². The quantitative estimate of drug-likeness (QED) is 0.691. The molecule has 0 amide bonds. The fourth-order valence-corrected chi connectivity index (χ4v) is 5.20. The zero-order valence-corrected chi connectivity index (χ0v) is 10.6. The summed E-state index contributed by atoms with van der Waals surface area (Å²) < 4.78 is 6.54. The molecule has 1 aromatic rings. The van der Waals surface area contributed by atoms with Crippen LogP contribution in [0.5, 0.6) is 5.75 Å². The second-order valence-corrected chi connectivity index (χ2v) is 6.79. The number of rotatable bonds is 0. The Morgan fingerprint density at radius 1 is 1.06 bits per heavy atom. The standard InChI is InChI=1S/C16H19NO/c1-2-4-15-12(3-1)7-16(18-15)13-5-11-6-14(16)10-17(8-11)9-13/h1-4,11,13-14H,5-10H2/t11?,13-,14?,16?/m1/s1. The number of fused-ring (bicyclic) bond motifs is 1. The Kier molecular flexibility index (Phi) is 1.70. The van der Waals surface area contributed by atoms with Gasteiger partial charge in [-0.15, -0.1) is 0 Å². The first-order chi connectivity index (χ1) is 8.83. The van der Waals surface area contributed by atoms with Crippen LogP contribution in [0.15, 0.2) is 24.3 Å². The second-order valence-electron chi connectivity index (χ2n) is 6.79. The SMILES string of the molecule is c1ccc2c(c1)CC1(O2)C2CC3C[C@@H]1CN(C3)C2. The van der Waals surface area contributed by atoms with E-state index in [1.54, 1.807) is 0 Å². The first-order valence-corrected chi connectivity index (χ1v) is 7.33. The van der Waals surface area contributed by atoms with E-state index in [2.05, 4.69) is 29.2 Å². The monoisotopic (exact) mass is 241 g/mol. The van der Waals surface area contributed by atoms with Gasteiger partial charge in [0.1, 0.15) is 11.4 Å². The number of hydrogen-bond donors (Lipinski definition) is 0. The molecule has 6 rings (SSSR count). The lowest BCUT2D eigenvalue weighted by Crippen LogP contribution is -2.68. The first kappa shape index (κ1) is 9.85. The predicted molar refractivity (Wildman–Crippen MR) is 69.6 cm³/mol. The van der Waals surface area contributed by atoms with Crippen LogP contribution in [0.3, 0.4) is 0 Å². The molecule has 1 aromatic carbocycles. The molecule has 3 saturated heterocycles. The summed E-state index contributed by atoms with van der Waals surface area (Å²) >= 11 is 0. The Morgan fingerprint density at radius 3 is 2.56 bits per heavy atom. The molecule has 1 spiro atoms. The molecule has 4 heterocycles. The Balaban J connectivity index is 1.58. The van der Waals surface area contributed by atoms with E-state index in [0.29, 0.717) is 0 Å². The van der Waals surface area contributed by atoms with Gasteiger partial charge in [0.05, 0.1) is 0 Å². The van der Waals surface area contributed by atoms with Crippen molar-refractivity contribution in [2.24, 2.45) is 17.8 Å². The van der Waals surface area contributed by atoms with Crippen LogP contribution in [-0.2, 0) is 6.42 Å². The van der Waals surface area contributed by atoms with Gasteiger partial charge in [0.2, 0.25) is 0 Å². The molecule has 4 unspecified atom stereocenters. The number of nitrogens with zero attached hydrogens (tertiary/aromatic N) is 1. The Hall–Kier alpha value is -1.02. The third-order valence-corrected chi connectivity index (χ3v) is 5.83. The summed E-state index contributed by atoms with van der Waals surface area (Å²) in [6.45, 7) is 3.91. The van der Waals surface area contributed by atoms with E-state index in [9.17, 15) is 0 Å². The van der Waals surface area contributed by atoms with Gasteiger partial charge in [0, 0.05) is 37.9 Å². The number of benzene rings is 1. The molecule has 5 aliphatic rings. The van der Waals surface area contributed by atoms with Crippen LogP contribution < -0.4 is 4.74 Å². The molecule has 18 heavy (non-hydrogen) atoms. The highest BCUT2D eigenvalue weighted by Crippen LogP contribution is 2.55. The van der Waals surface area contributed by atoms with Crippen LogP contribution in [0.2, 0.25) is 0 Å². The van der Waals surface area contributed by atoms with E-state index < -0.39 is 0 Å². The van der Waals surface area contributed by atoms with Crippen molar-refractivity contribution in [3.63, 3.8) is 0 Å². The fraction of sp³-hybridized carbons (Fsp3) is 0.625. The minimum absolute atomic E-state index is 0.164. The van der Waals surface area contributed by atoms with E-state index in [-0.39, 0.29) is 5.60 Å². The summed E-state index contributed by atoms with van der Waals surface area (Å²) in [4.78, 5) is 2.69. The van der Waals surface area contributed by atoms with Crippen molar-refractivity contribution in [1.82, 2.24) is 4.90 Å². The van der Waals surface area contributed by atoms with Crippen molar-refractivity contribution in [3.05, 3.63) is 29.8 Å². The van der Waals surface area contributed by atoms with Crippen molar-refractivity contribution in [1.29, 1.82) is 0 Å². The lowest BCUT2D eigenvalue weighted by Gasteiger charge is -2.60. The molecule has 0 aromatic heterocycles. The topological polar surface area (TPSA) is 12.5 Å². The molecule has 1 aliphatic carbocycles. The van der Waals surface area contributed by atoms with Crippen molar-refractivity contribution in [3.8, 4) is 5.75 Å². The zero-order valence-electron chi connectivity index (χ0n) is 10.6. The third kappa shape index (κ3) is 1.08. The molecule has 4 bridgehead atoms. The Labute approximate surface area is 108 Å². The second kappa shape index (κ2) is 3.11. The molecular weight excluding hydrogens is 222 g/mol. The van der Waals surface area contributed by atoms with Gasteiger partial charge >= 0.3 is 0 Å². The van der Waals surface area contributed by atoms with E-state index in [1.807, 2.05) is 0 Å². The minimum atomic E-state index is 0.164. The molecular formula is C16H19NO. The van der Waals surface area contributed by atoms with Crippen molar-refractivity contribution < 1.29 is 4.74 Å². The van der Waals surface area contributed by atoms with Gasteiger partial charge in [-0.1, -0.05) is 18.2 Å². The number of piperidine rings is 3. The maximum absolute atomic E-state index is 6.54. The van der Waals surface area contributed by atoms with E-state index >= 15 is 0 Å². The normalized spacial score (nSPS) is 47.3. The largest absolute Gasteiger partial charge is 0.486 e. The molecule has 94 valence electrons. The first-order valence-electron chi connectivity index (χ1n) is 7.33. The summed E-state index contributed by atoms with van der Waals surface area (Å²) in [5.41, 5.74) is 1.61. The van der Waals surface area contributed by atoms with Gasteiger partial charge in [0.15, 0.2) is 0 Å². The molecule has 2 nitrogen and oxygen atoms in total. The average Bonchev–Trinajstić information content (AvgIpc) is 2.75. The summed E-state index contributed by atoms with van der Waals surface area (Å²) in [5.74, 6) is 3.67. The molecule has 5 atom stereocenters. The molecule has 0 N–H and O–H groups in total. The molecule has 2 heteroatoms. The maximum Gasteiger partial charge on any atom is 0.123 e. The van der Waals surface area contributed by atoms with Crippen LogP contribution in [0.25, 0.3) is 0 Å². The van der Waals surface area contributed by atoms with Crippen LogP contribution in [0.1, 0.15) is 18.4 Å². The highest BCUT2D eigenvalue weighted by atomic mass is 16.5. The van der Waals surface area contributed by atoms with Gasteiger partial charge in [-0.3, -0.25) is 0 Å². The summed E-state index contributed by atoms with van der Waals surface area (Å²) in [5, 5.41) is 0. The van der Waals surface area contributed by atoms with Crippen LogP contribution in [0.4, 0.5) is 0 Å². The van der Waals surface area contributed by atoms with Crippen molar-refractivity contribution >= 4 is 0 Å². The van der Waals surface area contributed by atoms with Crippen molar-refractivity contribution in [2.45, 2.75) is 24.9 Å². The molecule has 1 saturated carbocycles. The third-order valence-electron chi connectivity index (χ3n) is 5.83. The van der Waals surface area contributed by atoms with Gasteiger partial charge in [-0.05, 0) is 30.4 Å². The van der Waals surface area contributed by atoms with E-state index in [4.69, 9.17) is 4.74 Å². The smallest absolute Gasteiger partial charge is 0.123 e. The molecule has 4 fully saturated rings. The van der Waals surface area contributed by atoms with E-state index in [0.717, 1.165) is 17.8 Å². The van der Waals surface area contributed by atoms with Gasteiger partial charge in [-0.2, -0.15) is 0 Å². The highest BCUT2D eigenvalue weighted by Gasteiger charge is 2.60. The van der Waals surface area contributed by atoms with Crippen LogP contribution >= 0.6 is 0 Å². The summed E-state index contributed by atoms with van der Waals surface area (Å²) in [6, 6.07) is 8.68. The molecule has 4 aliphatic heterocycles. The van der Waals surface area contributed by atoms with Crippen LogP contribution in [-0.4, -0.2) is 30.1 Å². The summed E-state index contributed by atoms with van der Waals surface area (Å²) in [7, 11) is 0. The van der Waals surface area contributed by atoms with E-state index in [1.165, 1.54) is 50.2 Å². The van der Waals surface area contributed by atoms with Gasteiger partial charge < -0.3 is 9.64 Å². The van der Waals surface area contributed by atoms with Gasteiger partial charge in [-0.25, -0.2) is 0 Å². The number of ether oxygens (including phenoxy) is 1. The predicted octanol–water partition coefficient (Wildman–Crippen LogP) is 2.33. The Morgan fingerprint density at radius 2 is 1.83 bits per heavy atom. The average molecular weight is 241 g/mol.